The second-order valence-corrected chi connectivity index (χ2v) is 27.6. The molecule has 33 nitrogen and oxygen atoms in total. The van der Waals surface area contributed by atoms with Crippen molar-refractivity contribution in [3.05, 3.63) is 0 Å². The average molecular weight is 1150 g/mol. The number of nitrogens with one attached hydrogen (secondary N) is 1. The molecule has 0 atom stereocenters. The van der Waals surface area contributed by atoms with Crippen LogP contribution in [0.15, 0.2) is 0 Å². The molecule has 0 aromatic heterocycles. The summed E-state index contributed by atoms with van der Waals surface area (Å²) in [6.07, 6.45) is 0. The van der Waals surface area contributed by atoms with Gasteiger partial charge in [0.25, 0.3) is 0 Å². The SMILES string of the molecule is NCCNCCN.O=P(O)(O)CP(=O)(O)O.O=P(O)(O)CP(=O)(O)O.O=P(O)(O)CP(=O)(O)O.O=P(O)(O)CP(=O)(O)O.O=P(O)(O)CP(=O)(O)O.[H-].[H-].[H-].[H-].[H-].[H-].[H-].[Na+].[Na+].[Na+].[Na+].[Na+].[Na+].[Na+]. The van der Waals surface area contributed by atoms with Crippen molar-refractivity contribution in [2.24, 2.45) is 11.5 Å². The Kier molecular flexibility index (Phi) is 78.6. The Hall–Kier alpha value is 8.38. The third-order valence-electron chi connectivity index (χ3n) is 2.48. The number of nitrogens with two attached hydrogens (primary N) is 2. The summed E-state index contributed by atoms with van der Waals surface area (Å²) in [6, 6.07) is 0. The van der Waals surface area contributed by atoms with Crippen molar-refractivity contribution in [1.82, 2.24) is 5.32 Å². The quantitative estimate of drug-likeness (QED) is 0.0436. The third-order valence-corrected chi connectivity index (χ3v) is 17.2. The zero-order chi connectivity index (χ0) is 44.1. The summed E-state index contributed by atoms with van der Waals surface area (Å²) in [7, 11) is -45.5. The number of hydrogen-bond acceptors (Lipinski definition) is 13. The second-order valence-electron chi connectivity index (χ2n) is 8.68. The smallest absolute Gasteiger partial charge is 1.00 e. The first kappa shape index (κ1) is 100. The van der Waals surface area contributed by atoms with Gasteiger partial charge in [-0.2, -0.15) is 0 Å². The Morgan fingerprint density at radius 3 is 0.390 bits per heavy atom. The van der Waals surface area contributed by atoms with Crippen molar-refractivity contribution in [1.29, 1.82) is 0 Å². The maximum absolute atomic E-state index is 9.85. The molecule has 50 heteroatoms. The zero-order valence-electron chi connectivity index (χ0n) is 39.5. The van der Waals surface area contributed by atoms with Crippen LogP contribution < -0.4 is 224 Å². The van der Waals surface area contributed by atoms with Crippen LogP contribution in [-0.4, -0.2) is 154 Å². The van der Waals surface area contributed by atoms with Gasteiger partial charge in [0.1, 0.15) is 0 Å². The Labute approximate surface area is 501 Å². The summed E-state index contributed by atoms with van der Waals surface area (Å²) in [6.45, 7) is 3.13. The Morgan fingerprint density at radius 2 is 0.356 bits per heavy atom. The first-order valence-corrected chi connectivity index (χ1v) is 29.5. The van der Waals surface area contributed by atoms with Gasteiger partial charge in [-0.3, -0.25) is 45.7 Å². The molecule has 0 aliphatic carbocycles. The molecule has 0 saturated carbocycles. The molecule has 0 rings (SSSR count). The molecule has 0 aromatic carbocycles. The molecule has 0 amide bonds. The summed E-state index contributed by atoms with van der Waals surface area (Å²) >= 11 is 0. The number of rotatable bonds is 14. The molecule has 0 radical (unpaired) electrons. The molecule has 59 heavy (non-hydrogen) atoms. The van der Waals surface area contributed by atoms with E-state index in [1.807, 2.05) is 0 Å². The van der Waals surface area contributed by atoms with Gasteiger partial charge in [0, 0.05) is 26.2 Å². The fourth-order valence-corrected chi connectivity index (χ4v) is 11.1. The predicted octanol–water partition coefficient (Wildman–Crippen LogP) is -25.2. The van der Waals surface area contributed by atoms with Gasteiger partial charge >= 0.3 is 283 Å². The minimum atomic E-state index is -4.55. The van der Waals surface area contributed by atoms with Gasteiger partial charge in [0.05, 0.1) is 0 Å². The van der Waals surface area contributed by atoms with E-state index in [0.29, 0.717) is 13.1 Å². The van der Waals surface area contributed by atoms with Gasteiger partial charge in [-0.15, -0.1) is 0 Å². The van der Waals surface area contributed by atoms with E-state index in [1.54, 1.807) is 0 Å². The van der Waals surface area contributed by atoms with Crippen LogP contribution in [-0.2, 0) is 45.7 Å². The third kappa shape index (κ3) is 153. The molecule has 25 N–H and O–H groups in total. The van der Waals surface area contributed by atoms with E-state index in [0.717, 1.165) is 13.1 Å². The first-order valence-electron chi connectivity index (χ1n) is 11.5. The van der Waals surface area contributed by atoms with Gasteiger partial charge in [-0.25, -0.2) is 0 Å². The maximum Gasteiger partial charge on any atom is 1.00 e. The zero-order valence-corrected chi connectivity index (χ0v) is 55.5. The predicted molar refractivity (Wildman–Crippen MR) is 184 cm³/mol. The van der Waals surface area contributed by atoms with Crippen molar-refractivity contribution < 1.29 is 360 Å². The Bertz CT molecular complexity index is 1170. The molecule has 0 aliphatic rings. The molecule has 338 valence electrons. The van der Waals surface area contributed by atoms with Crippen molar-refractivity contribution in [3.8, 4) is 0 Å². The molecule has 0 spiro atoms. The van der Waals surface area contributed by atoms with E-state index in [2.05, 4.69) is 5.32 Å². The van der Waals surface area contributed by atoms with Crippen LogP contribution in [0.1, 0.15) is 9.99 Å². The van der Waals surface area contributed by atoms with E-state index in [1.165, 1.54) is 0 Å². The summed E-state index contributed by atoms with van der Waals surface area (Å²) in [5.41, 5.74) is 10.3. The van der Waals surface area contributed by atoms with Crippen LogP contribution in [0.25, 0.3) is 0 Å². The van der Waals surface area contributed by atoms with Gasteiger partial charge < -0.3 is 125 Å². The van der Waals surface area contributed by atoms with E-state index in [-0.39, 0.29) is 217 Å². The fourth-order valence-electron chi connectivity index (χ4n) is 1.53. The Morgan fingerprint density at radius 1 is 0.271 bits per heavy atom. The molecular weight excluding hydrogens is 1100 g/mol. The van der Waals surface area contributed by atoms with Gasteiger partial charge in [0.2, 0.25) is 0 Å². The number of hydrogen-bond donors (Lipinski definition) is 23. The molecular formula is C9H50N3Na7O30P10. The van der Waals surface area contributed by atoms with Crippen LogP contribution in [0, 0.1) is 0 Å². The molecule has 0 unspecified atom stereocenters. The van der Waals surface area contributed by atoms with Crippen molar-refractivity contribution in [2.75, 3.05) is 55.7 Å². The van der Waals surface area contributed by atoms with Crippen LogP contribution >= 0.6 is 76.0 Å². The maximum atomic E-state index is 9.85. The van der Waals surface area contributed by atoms with Crippen LogP contribution in [0.4, 0.5) is 0 Å². The van der Waals surface area contributed by atoms with Crippen LogP contribution in [0.3, 0.4) is 0 Å². The van der Waals surface area contributed by atoms with E-state index >= 15 is 0 Å². The normalized spacial score (nSPS) is 11.6. The van der Waals surface area contributed by atoms with Gasteiger partial charge in [-0.1, -0.05) is 0 Å². The van der Waals surface area contributed by atoms with E-state index in [4.69, 9.17) is 109 Å². The average Bonchev–Trinajstić information content (AvgIpc) is 2.62. The minimum absolute atomic E-state index is 0. The topological polar surface area (TPSA) is 639 Å². The van der Waals surface area contributed by atoms with Crippen molar-refractivity contribution >= 4 is 76.0 Å². The molecule has 0 fully saturated rings. The Balaban J connectivity index is -0.0000000205. The monoisotopic (exact) mass is 1150 g/mol. The summed E-state index contributed by atoms with van der Waals surface area (Å²) in [4.78, 5) is 159. The molecule has 0 aromatic rings. The fraction of sp³-hybridized carbons (Fsp3) is 1.00. The summed E-state index contributed by atoms with van der Waals surface area (Å²) < 4.78 is 98.5. The van der Waals surface area contributed by atoms with E-state index in [9.17, 15) is 45.7 Å². The minimum Gasteiger partial charge on any atom is -1.00 e. The van der Waals surface area contributed by atoms with Gasteiger partial charge in [-0.05, 0) is 0 Å². The molecule has 0 bridgehead atoms. The van der Waals surface area contributed by atoms with Crippen LogP contribution in [0.2, 0.25) is 0 Å². The van der Waals surface area contributed by atoms with Gasteiger partial charge in [0.15, 0.2) is 29.5 Å². The second kappa shape index (κ2) is 46.2. The van der Waals surface area contributed by atoms with Crippen molar-refractivity contribution in [2.45, 2.75) is 0 Å². The molecule has 0 heterocycles. The van der Waals surface area contributed by atoms with E-state index < -0.39 is 105 Å². The van der Waals surface area contributed by atoms with Crippen molar-refractivity contribution in [3.63, 3.8) is 0 Å². The molecule has 0 aliphatic heterocycles. The molecule has 0 saturated heterocycles. The summed E-state index contributed by atoms with van der Waals surface area (Å²) in [5.74, 6) is -6.88. The van der Waals surface area contributed by atoms with Crippen LogP contribution in [0.5, 0.6) is 0 Å². The largest absolute Gasteiger partial charge is 1.00 e. The standard InChI is InChI=1S/C4H13N3.5CH6O6P2.7Na.7H/c5-1-3-7-4-2-6;5*2-8(3,4)1-9(5,6)7;;;;;;;;;;;;;;/h7H,1-6H2;5*1H2,(H2,2,3,4)(H2,5,6,7);;;;;;;;;;;;;;/q;;;;;;7*+1;7*-1. The first-order chi connectivity index (χ1) is 21.9. The summed E-state index contributed by atoms with van der Waals surface area (Å²) in [5, 5.41) is 3.03.